The molecule has 3 heterocycles. The molecule has 0 aliphatic carbocycles. The van der Waals surface area contributed by atoms with Crippen LogP contribution >= 0.6 is 27.3 Å². The molecule has 0 amide bonds. The van der Waals surface area contributed by atoms with E-state index in [4.69, 9.17) is 4.42 Å². The number of hydrogen-bond acceptors (Lipinski definition) is 7. The van der Waals surface area contributed by atoms with Gasteiger partial charge in [0, 0.05) is 32.9 Å². The molecule has 2 aromatic carbocycles. The minimum Gasteiger partial charge on any atom is -0.453 e. The van der Waals surface area contributed by atoms with Gasteiger partial charge in [-0.3, -0.25) is 24.3 Å². The van der Waals surface area contributed by atoms with Crippen molar-refractivity contribution >= 4 is 59.9 Å². The number of furan rings is 1. The van der Waals surface area contributed by atoms with Crippen LogP contribution in [0.15, 0.2) is 73.9 Å². The summed E-state index contributed by atoms with van der Waals surface area (Å²) >= 11 is 4.68. The van der Waals surface area contributed by atoms with Gasteiger partial charge in [-0.05, 0) is 42.0 Å². The summed E-state index contributed by atoms with van der Waals surface area (Å²) in [5.74, 6) is -0.196. The molecule has 32 heavy (non-hydrogen) atoms. The van der Waals surface area contributed by atoms with Crippen LogP contribution in [0.5, 0.6) is 0 Å². The number of aromatic nitrogens is 2. The number of hydrogen-bond donors (Lipinski definition) is 0. The van der Waals surface area contributed by atoms with Crippen LogP contribution in [-0.2, 0) is 6.54 Å². The summed E-state index contributed by atoms with van der Waals surface area (Å²) in [5, 5.41) is 13.8. The number of thiophene rings is 1. The minimum atomic E-state index is -0.480. The van der Waals surface area contributed by atoms with E-state index in [-0.39, 0.29) is 29.3 Å². The molecular formula is C22H12BrN3O5S. The fraction of sp³-hybridized carbons (Fsp3) is 0.0455. The number of ketones is 1. The lowest BCUT2D eigenvalue weighted by molar-refractivity contribution is -0.384. The molecule has 0 unspecified atom stereocenters. The Labute approximate surface area is 192 Å². The number of nitro benzene ring substituents is 1. The van der Waals surface area contributed by atoms with Gasteiger partial charge in [-0.1, -0.05) is 15.9 Å². The predicted molar refractivity (Wildman–Crippen MR) is 124 cm³/mol. The molecule has 0 saturated heterocycles. The number of fused-ring (bicyclic) bond motifs is 2. The van der Waals surface area contributed by atoms with E-state index in [9.17, 15) is 19.7 Å². The maximum Gasteiger partial charge on any atom is 0.269 e. The van der Waals surface area contributed by atoms with Gasteiger partial charge in [0.15, 0.2) is 5.76 Å². The van der Waals surface area contributed by atoms with Crippen LogP contribution in [0.3, 0.4) is 0 Å². The number of rotatable bonds is 5. The Balaban J connectivity index is 1.51. The SMILES string of the molecule is O=C(Cn1cnc2scc(-c3ccc([N+](=O)[O-])cc3)c2c1=O)c1cc2cc(Br)ccc2o1. The van der Waals surface area contributed by atoms with E-state index in [2.05, 4.69) is 20.9 Å². The molecule has 0 N–H and O–H groups in total. The number of carbonyl (C=O) groups excluding carboxylic acids is 1. The molecule has 10 heteroatoms. The molecule has 0 saturated carbocycles. The molecule has 158 valence electrons. The van der Waals surface area contributed by atoms with E-state index in [0.717, 1.165) is 9.86 Å². The van der Waals surface area contributed by atoms with Gasteiger partial charge in [-0.2, -0.15) is 0 Å². The highest BCUT2D eigenvalue weighted by atomic mass is 79.9. The maximum atomic E-state index is 13.2. The molecule has 0 bridgehead atoms. The van der Waals surface area contributed by atoms with Gasteiger partial charge in [-0.25, -0.2) is 4.98 Å². The normalized spacial score (nSPS) is 11.3. The largest absolute Gasteiger partial charge is 0.453 e. The Morgan fingerprint density at radius 3 is 2.72 bits per heavy atom. The van der Waals surface area contributed by atoms with Crippen molar-refractivity contribution in [3.05, 3.63) is 90.9 Å². The zero-order valence-electron chi connectivity index (χ0n) is 16.1. The lowest BCUT2D eigenvalue weighted by Gasteiger charge is -2.05. The Bertz CT molecular complexity index is 1580. The van der Waals surface area contributed by atoms with Gasteiger partial charge in [0.05, 0.1) is 23.2 Å². The molecule has 8 nitrogen and oxygen atoms in total. The Morgan fingerprint density at radius 2 is 1.97 bits per heavy atom. The van der Waals surface area contributed by atoms with E-state index < -0.39 is 4.92 Å². The standard InChI is InChI=1S/C22H12BrN3O5S/c23-14-3-6-18-13(7-14)8-19(31-18)17(27)9-25-11-24-21-20(22(25)28)16(10-32-21)12-1-4-15(5-2-12)26(29)30/h1-8,10-11H,9H2. The number of nitrogens with zero attached hydrogens (tertiary/aromatic N) is 3. The van der Waals surface area contributed by atoms with Gasteiger partial charge in [0.1, 0.15) is 10.4 Å². The lowest BCUT2D eigenvalue weighted by Crippen LogP contribution is -2.24. The van der Waals surface area contributed by atoms with Crippen LogP contribution in [0.4, 0.5) is 5.69 Å². The highest BCUT2D eigenvalue weighted by molar-refractivity contribution is 9.10. The quantitative estimate of drug-likeness (QED) is 0.177. The summed E-state index contributed by atoms with van der Waals surface area (Å²) in [6.45, 7) is -0.224. The Morgan fingerprint density at radius 1 is 1.19 bits per heavy atom. The fourth-order valence-electron chi connectivity index (χ4n) is 3.44. The van der Waals surface area contributed by atoms with Crippen LogP contribution in [0, 0.1) is 10.1 Å². The first-order chi connectivity index (χ1) is 15.4. The van der Waals surface area contributed by atoms with E-state index in [1.54, 1.807) is 29.6 Å². The van der Waals surface area contributed by atoms with E-state index in [1.165, 1.54) is 34.4 Å². The van der Waals surface area contributed by atoms with Crippen LogP contribution in [0.25, 0.3) is 32.3 Å². The van der Waals surface area contributed by atoms with Crippen molar-refractivity contribution < 1.29 is 14.1 Å². The topological polar surface area (TPSA) is 108 Å². The maximum absolute atomic E-state index is 13.2. The van der Waals surface area contributed by atoms with Crippen LogP contribution < -0.4 is 5.56 Å². The summed E-state index contributed by atoms with van der Waals surface area (Å²) in [5.41, 5.74) is 1.46. The van der Waals surface area contributed by atoms with Gasteiger partial charge in [-0.15, -0.1) is 11.3 Å². The molecular weight excluding hydrogens is 498 g/mol. The third kappa shape index (κ3) is 3.53. The second-order valence-electron chi connectivity index (χ2n) is 7.03. The summed E-state index contributed by atoms with van der Waals surface area (Å²) in [6, 6.07) is 13.0. The smallest absolute Gasteiger partial charge is 0.269 e. The van der Waals surface area contributed by atoms with Gasteiger partial charge in [0.25, 0.3) is 11.2 Å². The predicted octanol–water partition coefficient (Wildman–Crippen LogP) is 5.42. The Kier molecular flexibility index (Phi) is 4.95. The van der Waals surface area contributed by atoms with Crippen molar-refractivity contribution in [2.75, 3.05) is 0 Å². The highest BCUT2D eigenvalue weighted by Crippen LogP contribution is 2.31. The van der Waals surface area contributed by atoms with Crippen molar-refractivity contribution in [2.24, 2.45) is 0 Å². The van der Waals surface area contributed by atoms with Crippen molar-refractivity contribution in [3.63, 3.8) is 0 Å². The van der Waals surface area contributed by atoms with Crippen molar-refractivity contribution in [3.8, 4) is 11.1 Å². The molecule has 0 fully saturated rings. The molecule has 0 spiro atoms. The van der Waals surface area contributed by atoms with Crippen LogP contribution in [-0.4, -0.2) is 20.3 Å². The fourth-order valence-corrected chi connectivity index (χ4v) is 4.72. The highest BCUT2D eigenvalue weighted by Gasteiger charge is 2.18. The molecule has 0 aliphatic rings. The van der Waals surface area contributed by atoms with Crippen LogP contribution in [0.1, 0.15) is 10.6 Å². The van der Waals surface area contributed by atoms with E-state index in [1.807, 2.05) is 12.1 Å². The second-order valence-corrected chi connectivity index (χ2v) is 8.80. The van der Waals surface area contributed by atoms with Gasteiger partial charge < -0.3 is 4.42 Å². The summed E-state index contributed by atoms with van der Waals surface area (Å²) in [6.07, 6.45) is 1.35. The number of benzene rings is 2. The van der Waals surface area contributed by atoms with Gasteiger partial charge >= 0.3 is 0 Å². The molecule has 0 aliphatic heterocycles. The third-order valence-corrected chi connectivity index (χ3v) is 6.40. The second kappa shape index (κ2) is 7.81. The molecule has 5 rings (SSSR count). The number of Topliss-reactive ketones (excluding diaryl/α,β-unsaturated/α-hetero) is 1. The van der Waals surface area contributed by atoms with Crippen molar-refractivity contribution in [1.29, 1.82) is 0 Å². The van der Waals surface area contributed by atoms with Crippen LogP contribution in [0.2, 0.25) is 0 Å². The summed E-state index contributed by atoms with van der Waals surface area (Å²) in [4.78, 5) is 41.2. The first kappa shape index (κ1) is 20.3. The first-order valence-electron chi connectivity index (χ1n) is 9.34. The first-order valence-corrected chi connectivity index (χ1v) is 11.0. The molecule has 0 atom stereocenters. The minimum absolute atomic E-state index is 0.0349. The number of nitro groups is 1. The summed E-state index contributed by atoms with van der Waals surface area (Å²) < 4.78 is 7.75. The third-order valence-electron chi connectivity index (χ3n) is 5.02. The zero-order chi connectivity index (χ0) is 22.4. The Hall–Kier alpha value is -3.63. The number of carbonyl (C=O) groups is 1. The van der Waals surface area contributed by atoms with E-state index in [0.29, 0.717) is 26.9 Å². The zero-order valence-corrected chi connectivity index (χ0v) is 18.6. The monoisotopic (exact) mass is 509 g/mol. The lowest BCUT2D eigenvalue weighted by atomic mass is 10.1. The van der Waals surface area contributed by atoms with Gasteiger partial charge in [0.2, 0.25) is 5.78 Å². The van der Waals surface area contributed by atoms with Crippen molar-refractivity contribution in [1.82, 2.24) is 9.55 Å². The average Bonchev–Trinajstić information content (AvgIpc) is 3.40. The molecule has 0 radical (unpaired) electrons. The van der Waals surface area contributed by atoms with Crippen molar-refractivity contribution in [2.45, 2.75) is 6.54 Å². The average molecular weight is 510 g/mol. The van der Waals surface area contributed by atoms with E-state index >= 15 is 0 Å². The number of halogens is 1. The molecule has 3 aromatic heterocycles. The molecule has 5 aromatic rings. The number of non-ortho nitro benzene ring substituents is 1. The summed E-state index contributed by atoms with van der Waals surface area (Å²) in [7, 11) is 0.